The molecule has 0 aliphatic heterocycles. The maximum absolute atomic E-state index is 12.8. The van der Waals surface area contributed by atoms with Gasteiger partial charge in [0, 0.05) is 12.2 Å². The molecule has 0 aliphatic carbocycles. The summed E-state index contributed by atoms with van der Waals surface area (Å²) in [6.45, 7) is 8.82. The van der Waals surface area contributed by atoms with Crippen LogP contribution in [0, 0.1) is 6.92 Å². The summed E-state index contributed by atoms with van der Waals surface area (Å²) in [4.78, 5) is 17.3. The quantitative estimate of drug-likeness (QED) is 0.725. The molecule has 0 saturated heterocycles. The normalized spacial score (nSPS) is 11.1. The van der Waals surface area contributed by atoms with E-state index in [9.17, 15) is 4.79 Å². The number of hydrogen-bond acceptors (Lipinski definition) is 5. The Balaban J connectivity index is 1.85. The maximum Gasteiger partial charge on any atom is 0.259 e. The second kappa shape index (κ2) is 7.56. The fourth-order valence-electron chi connectivity index (χ4n) is 2.78. The molecule has 0 unspecified atom stereocenters. The zero-order valence-electron chi connectivity index (χ0n) is 15.5. The van der Waals surface area contributed by atoms with E-state index in [0.29, 0.717) is 35.5 Å². The van der Waals surface area contributed by atoms with E-state index >= 15 is 0 Å². The van der Waals surface area contributed by atoms with Gasteiger partial charge in [0.2, 0.25) is 0 Å². The fraction of sp³-hybridized carbons (Fsp3) is 0.350. The molecule has 26 heavy (non-hydrogen) atoms. The molecule has 6 nitrogen and oxygen atoms in total. The number of carbonyl (C=O) groups excluding carboxylic acids is 1. The van der Waals surface area contributed by atoms with Crippen LogP contribution in [-0.4, -0.2) is 22.7 Å². The number of ether oxygens (including phenoxy) is 1. The van der Waals surface area contributed by atoms with E-state index < -0.39 is 0 Å². The molecule has 0 spiro atoms. The molecule has 0 saturated carbocycles. The molecule has 136 valence electrons. The first-order chi connectivity index (χ1) is 12.5. The second-order valence-corrected chi connectivity index (χ2v) is 6.46. The molecule has 0 radical (unpaired) electrons. The van der Waals surface area contributed by atoms with E-state index in [1.807, 2.05) is 58.0 Å². The largest absolute Gasteiger partial charge is 0.494 e. The first-order valence-corrected chi connectivity index (χ1v) is 8.76. The number of aromatic nitrogens is 2. The topological polar surface area (TPSA) is 77.2 Å². The molecule has 6 heteroatoms. The SMILES string of the molecule is CCOc1cccc(CNC(=O)c2cc(C(C)C)nc3onc(C)c23)c1. The van der Waals surface area contributed by atoms with Crippen molar-refractivity contribution in [3.8, 4) is 5.75 Å². The smallest absolute Gasteiger partial charge is 0.259 e. The van der Waals surface area contributed by atoms with E-state index in [4.69, 9.17) is 9.26 Å². The number of aryl methyl sites for hydroxylation is 1. The molecule has 2 heterocycles. The van der Waals surface area contributed by atoms with Gasteiger partial charge < -0.3 is 14.6 Å². The molecule has 3 rings (SSSR count). The van der Waals surface area contributed by atoms with E-state index in [1.54, 1.807) is 0 Å². The van der Waals surface area contributed by atoms with Gasteiger partial charge in [0.25, 0.3) is 11.6 Å². The minimum atomic E-state index is -0.174. The lowest BCUT2D eigenvalue weighted by Gasteiger charge is -2.10. The number of pyridine rings is 1. The van der Waals surface area contributed by atoms with Crippen LogP contribution in [0.15, 0.2) is 34.9 Å². The summed E-state index contributed by atoms with van der Waals surface area (Å²) in [6, 6.07) is 9.52. The Morgan fingerprint density at radius 3 is 2.85 bits per heavy atom. The molecule has 1 amide bonds. The van der Waals surface area contributed by atoms with Crippen molar-refractivity contribution in [2.24, 2.45) is 0 Å². The monoisotopic (exact) mass is 353 g/mol. The maximum atomic E-state index is 12.8. The number of nitrogens with one attached hydrogen (secondary N) is 1. The Morgan fingerprint density at radius 1 is 1.31 bits per heavy atom. The molecular formula is C20H23N3O3. The van der Waals surface area contributed by atoms with Gasteiger partial charge in [-0.1, -0.05) is 31.1 Å². The fourth-order valence-corrected chi connectivity index (χ4v) is 2.78. The predicted octanol–water partition coefficient (Wildman–Crippen LogP) is 3.98. The lowest BCUT2D eigenvalue weighted by atomic mass is 10.0. The standard InChI is InChI=1S/C20H23N3O3/c1-5-25-15-8-6-7-14(9-15)11-21-19(24)16-10-17(12(2)3)22-20-18(16)13(4)23-26-20/h6-10,12H,5,11H2,1-4H3,(H,21,24). The van der Waals surface area contributed by atoms with Crippen molar-refractivity contribution < 1.29 is 14.1 Å². The number of hydrogen-bond donors (Lipinski definition) is 1. The Morgan fingerprint density at radius 2 is 2.12 bits per heavy atom. The summed E-state index contributed by atoms with van der Waals surface area (Å²) >= 11 is 0. The molecule has 1 aromatic carbocycles. The molecule has 3 aromatic rings. The van der Waals surface area contributed by atoms with Crippen molar-refractivity contribution in [3.05, 3.63) is 52.8 Å². The number of benzene rings is 1. The third-order valence-corrected chi connectivity index (χ3v) is 4.14. The summed E-state index contributed by atoms with van der Waals surface area (Å²) in [6.07, 6.45) is 0. The molecule has 0 atom stereocenters. The molecule has 0 fully saturated rings. The van der Waals surface area contributed by atoms with Crippen LogP contribution in [0.4, 0.5) is 0 Å². The zero-order chi connectivity index (χ0) is 18.7. The summed E-state index contributed by atoms with van der Waals surface area (Å²) in [5.41, 5.74) is 3.37. The van der Waals surface area contributed by atoms with Crippen LogP contribution in [0.3, 0.4) is 0 Å². The van der Waals surface area contributed by atoms with E-state index in [1.165, 1.54) is 0 Å². The average molecular weight is 353 g/mol. The van der Waals surface area contributed by atoms with E-state index in [-0.39, 0.29) is 11.8 Å². The molecular weight excluding hydrogens is 330 g/mol. The van der Waals surface area contributed by atoms with Gasteiger partial charge in [0.15, 0.2) is 0 Å². The number of rotatable bonds is 6. The third kappa shape index (κ3) is 3.69. The van der Waals surface area contributed by atoms with Crippen molar-refractivity contribution >= 4 is 17.0 Å². The van der Waals surface area contributed by atoms with E-state index in [2.05, 4.69) is 15.5 Å². The van der Waals surface area contributed by atoms with Crippen molar-refractivity contribution in [1.29, 1.82) is 0 Å². The first kappa shape index (κ1) is 17.9. The Kier molecular flexibility index (Phi) is 5.21. The van der Waals surface area contributed by atoms with Crippen LogP contribution in [0.5, 0.6) is 5.75 Å². The highest BCUT2D eigenvalue weighted by atomic mass is 16.5. The molecule has 0 aliphatic rings. The highest BCUT2D eigenvalue weighted by Crippen LogP contribution is 2.25. The highest BCUT2D eigenvalue weighted by molar-refractivity contribution is 6.06. The van der Waals surface area contributed by atoms with Crippen molar-refractivity contribution in [2.45, 2.75) is 40.2 Å². The van der Waals surface area contributed by atoms with Crippen molar-refractivity contribution in [2.75, 3.05) is 6.61 Å². The van der Waals surface area contributed by atoms with Crippen molar-refractivity contribution in [1.82, 2.24) is 15.5 Å². The number of fused-ring (bicyclic) bond motifs is 1. The van der Waals surface area contributed by atoms with Crippen LogP contribution < -0.4 is 10.1 Å². The van der Waals surface area contributed by atoms with Crippen LogP contribution >= 0.6 is 0 Å². The van der Waals surface area contributed by atoms with Gasteiger partial charge in [-0.05, 0) is 43.5 Å². The predicted molar refractivity (Wildman–Crippen MR) is 99.4 cm³/mol. The zero-order valence-corrected chi connectivity index (χ0v) is 15.5. The summed E-state index contributed by atoms with van der Waals surface area (Å²) in [7, 11) is 0. The average Bonchev–Trinajstić information content (AvgIpc) is 3.00. The Bertz CT molecular complexity index is 931. The van der Waals surface area contributed by atoms with Gasteiger partial charge >= 0.3 is 0 Å². The third-order valence-electron chi connectivity index (χ3n) is 4.14. The molecule has 2 aromatic heterocycles. The van der Waals surface area contributed by atoms with Gasteiger partial charge in [-0.25, -0.2) is 4.98 Å². The number of carbonyl (C=O) groups is 1. The summed E-state index contributed by atoms with van der Waals surface area (Å²) < 4.78 is 10.8. The highest BCUT2D eigenvalue weighted by Gasteiger charge is 2.19. The van der Waals surface area contributed by atoms with Gasteiger partial charge in [-0.15, -0.1) is 0 Å². The Labute approximate surface area is 152 Å². The van der Waals surface area contributed by atoms with Crippen LogP contribution in [0.1, 0.15) is 54.0 Å². The molecule has 0 bridgehead atoms. The minimum absolute atomic E-state index is 0.174. The summed E-state index contributed by atoms with van der Waals surface area (Å²) in [5, 5.41) is 7.59. The summed E-state index contributed by atoms with van der Waals surface area (Å²) in [5.74, 6) is 0.800. The van der Waals surface area contributed by atoms with Gasteiger partial charge in [-0.3, -0.25) is 4.79 Å². The van der Waals surface area contributed by atoms with Crippen LogP contribution in [0.25, 0.3) is 11.1 Å². The van der Waals surface area contributed by atoms with Gasteiger partial charge in [0.05, 0.1) is 23.3 Å². The lowest BCUT2D eigenvalue weighted by molar-refractivity contribution is 0.0952. The second-order valence-electron chi connectivity index (χ2n) is 6.46. The van der Waals surface area contributed by atoms with Crippen LogP contribution in [-0.2, 0) is 6.54 Å². The van der Waals surface area contributed by atoms with Gasteiger partial charge in [0.1, 0.15) is 5.75 Å². The first-order valence-electron chi connectivity index (χ1n) is 8.76. The van der Waals surface area contributed by atoms with Crippen molar-refractivity contribution in [3.63, 3.8) is 0 Å². The van der Waals surface area contributed by atoms with Crippen LogP contribution in [0.2, 0.25) is 0 Å². The number of nitrogens with zero attached hydrogens (tertiary/aromatic N) is 2. The minimum Gasteiger partial charge on any atom is -0.494 e. The number of amides is 1. The van der Waals surface area contributed by atoms with E-state index in [0.717, 1.165) is 17.0 Å². The lowest BCUT2D eigenvalue weighted by Crippen LogP contribution is -2.23. The molecule has 1 N–H and O–H groups in total. The Hall–Kier alpha value is -2.89. The van der Waals surface area contributed by atoms with Gasteiger partial charge in [-0.2, -0.15) is 0 Å².